The van der Waals surface area contributed by atoms with E-state index in [9.17, 15) is 18.0 Å². The number of nitrogens with two attached hydrogens (primary N) is 2. The lowest BCUT2D eigenvalue weighted by atomic mass is 10.1. The number of aryl methyl sites for hydroxylation is 1. The highest BCUT2D eigenvalue weighted by Gasteiger charge is 2.29. The smallest absolute Gasteiger partial charge is 0.277 e. The Labute approximate surface area is 179 Å². The predicted octanol–water partition coefficient (Wildman–Crippen LogP) is 2.53. The highest BCUT2D eigenvalue weighted by molar-refractivity contribution is 7.19. The Kier molecular flexibility index (Phi) is 5.58. The molecule has 4 rings (SSSR count). The van der Waals surface area contributed by atoms with Gasteiger partial charge in [-0.25, -0.2) is 18.2 Å². The summed E-state index contributed by atoms with van der Waals surface area (Å²) in [6.45, 7) is 0.518. The van der Waals surface area contributed by atoms with E-state index in [0.717, 1.165) is 23.5 Å². The summed E-state index contributed by atoms with van der Waals surface area (Å²) < 4.78 is 43.7. The van der Waals surface area contributed by atoms with Gasteiger partial charge in [-0.1, -0.05) is 17.4 Å². The molecule has 0 saturated carbocycles. The number of carbonyl (C=O) groups excluding carboxylic acids is 1. The molecule has 3 aromatic rings. The molecule has 0 spiro atoms. The molecule has 2 atom stereocenters. The van der Waals surface area contributed by atoms with Crippen molar-refractivity contribution in [2.24, 2.45) is 12.8 Å². The molecule has 1 amide bonds. The van der Waals surface area contributed by atoms with Gasteiger partial charge in [0.1, 0.15) is 33.5 Å². The SMILES string of the molecule is Cn1ncc(NC(=O)c2nc(-c3c(F)cccc3F)sc2N)c1N1C[C@@H](N)C[C@H](F)C1. The first-order valence-corrected chi connectivity index (χ1v) is 10.2. The molecule has 0 aliphatic carbocycles. The highest BCUT2D eigenvalue weighted by atomic mass is 32.1. The van der Waals surface area contributed by atoms with E-state index < -0.39 is 23.7 Å². The first-order chi connectivity index (χ1) is 14.7. The predicted molar refractivity (Wildman–Crippen MR) is 113 cm³/mol. The first kappa shape index (κ1) is 21.1. The normalized spacial score (nSPS) is 18.9. The summed E-state index contributed by atoms with van der Waals surface area (Å²) >= 11 is 0.801. The second-order valence-electron chi connectivity index (χ2n) is 7.29. The monoisotopic (exact) mass is 451 g/mol. The molecule has 31 heavy (non-hydrogen) atoms. The zero-order valence-corrected chi connectivity index (χ0v) is 17.3. The third kappa shape index (κ3) is 4.08. The van der Waals surface area contributed by atoms with Crippen LogP contribution in [0.25, 0.3) is 10.6 Å². The van der Waals surface area contributed by atoms with Crippen molar-refractivity contribution in [3.63, 3.8) is 0 Å². The number of nitrogens with one attached hydrogen (secondary N) is 1. The fourth-order valence-electron chi connectivity index (χ4n) is 3.63. The molecule has 8 nitrogen and oxygen atoms in total. The number of hydrogen-bond acceptors (Lipinski definition) is 7. The van der Waals surface area contributed by atoms with Crippen LogP contribution in [-0.2, 0) is 7.05 Å². The molecule has 5 N–H and O–H groups in total. The summed E-state index contributed by atoms with van der Waals surface area (Å²) in [5.74, 6) is -1.81. The first-order valence-electron chi connectivity index (χ1n) is 9.43. The Bertz CT molecular complexity index is 1100. The number of piperidine rings is 1. The van der Waals surface area contributed by atoms with Gasteiger partial charge in [0.25, 0.3) is 5.91 Å². The fraction of sp³-hybridized carbons (Fsp3) is 0.316. The van der Waals surface area contributed by atoms with Gasteiger partial charge in [-0.3, -0.25) is 9.48 Å². The highest BCUT2D eigenvalue weighted by Crippen LogP contribution is 2.34. The third-order valence-corrected chi connectivity index (χ3v) is 5.83. The Hall–Kier alpha value is -3.12. The minimum absolute atomic E-state index is 0.00408. The number of aromatic nitrogens is 3. The van der Waals surface area contributed by atoms with E-state index in [1.807, 2.05) is 0 Å². The lowest BCUT2D eigenvalue weighted by Gasteiger charge is -2.34. The molecular weight excluding hydrogens is 431 g/mol. The molecule has 1 saturated heterocycles. The van der Waals surface area contributed by atoms with Crippen LogP contribution in [0.5, 0.6) is 0 Å². The second-order valence-corrected chi connectivity index (χ2v) is 8.32. The van der Waals surface area contributed by atoms with Gasteiger partial charge in [0.15, 0.2) is 11.5 Å². The molecule has 2 aromatic heterocycles. The largest absolute Gasteiger partial charge is 0.389 e. The molecule has 164 valence electrons. The summed E-state index contributed by atoms with van der Waals surface area (Å²) in [7, 11) is 1.66. The third-order valence-electron chi connectivity index (χ3n) is 4.93. The number of anilines is 3. The fourth-order valence-corrected chi connectivity index (χ4v) is 4.50. The maximum Gasteiger partial charge on any atom is 0.277 e. The van der Waals surface area contributed by atoms with Crippen LogP contribution in [0, 0.1) is 11.6 Å². The lowest BCUT2D eigenvalue weighted by Crippen LogP contribution is -2.48. The summed E-state index contributed by atoms with van der Waals surface area (Å²) in [6.07, 6.45) is 0.580. The van der Waals surface area contributed by atoms with Gasteiger partial charge in [-0.2, -0.15) is 5.10 Å². The molecule has 1 aliphatic rings. The number of alkyl halides is 1. The van der Waals surface area contributed by atoms with Crippen LogP contribution in [0.2, 0.25) is 0 Å². The summed E-state index contributed by atoms with van der Waals surface area (Å²) in [4.78, 5) is 18.6. The maximum atomic E-state index is 14.1. The van der Waals surface area contributed by atoms with E-state index >= 15 is 0 Å². The van der Waals surface area contributed by atoms with Gasteiger partial charge in [-0.15, -0.1) is 0 Å². The van der Waals surface area contributed by atoms with Crippen LogP contribution >= 0.6 is 11.3 Å². The lowest BCUT2D eigenvalue weighted by molar-refractivity contribution is 0.102. The van der Waals surface area contributed by atoms with Gasteiger partial charge >= 0.3 is 0 Å². The van der Waals surface area contributed by atoms with Crippen LogP contribution in [0.3, 0.4) is 0 Å². The Morgan fingerprint density at radius 2 is 2.00 bits per heavy atom. The Morgan fingerprint density at radius 3 is 2.68 bits per heavy atom. The standard InChI is InChI=1S/C19H20F3N7OS/c1-28-19(29-7-9(20)5-10(23)8-29)13(6-25-28)26-17(30)15-16(24)31-18(27-15)14-11(21)3-2-4-12(14)22/h2-4,6,9-10H,5,7-8,23-24H2,1H3,(H,26,30)/t9-,10-/m0/s1. The second kappa shape index (κ2) is 8.19. The molecule has 12 heteroatoms. The molecule has 0 unspecified atom stereocenters. The van der Waals surface area contributed by atoms with Crippen LogP contribution in [0.1, 0.15) is 16.9 Å². The van der Waals surface area contributed by atoms with E-state index in [2.05, 4.69) is 15.4 Å². The number of benzene rings is 1. The van der Waals surface area contributed by atoms with Gasteiger partial charge in [0.2, 0.25) is 0 Å². The van der Waals surface area contributed by atoms with Gasteiger partial charge in [-0.05, 0) is 18.6 Å². The minimum Gasteiger partial charge on any atom is -0.389 e. The van der Waals surface area contributed by atoms with E-state index in [1.165, 1.54) is 16.9 Å². The molecular formula is C19H20F3N7OS. The van der Waals surface area contributed by atoms with Crippen LogP contribution < -0.4 is 21.7 Å². The van der Waals surface area contributed by atoms with E-state index in [1.54, 1.807) is 11.9 Å². The average Bonchev–Trinajstić information content (AvgIpc) is 3.23. The molecule has 1 fully saturated rings. The number of thiazole rings is 1. The summed E-state index contributed by atoms with van der Waals surface area (Å²) in [6, 6.07) is 3.07. The summed E-state index contributed by atoms with van der Waals surface area (Å²) in [5, 5.41) is 6.75. The molecule has 1 aliphatic heterocycles. The number of nitrogens with zero attached hydrogens (tertiary/aromatic N) is 4. The van der Waals surface area contributed by atoms with E-state index in [-0.39, 0.29) is 40.3 Å². The zero-order valence-electron chi connectivity index (χ0n) is 16.5. The molecule has 3 heterocycles. The average molecular weight is 451 g/mol. The van der Waals surface area contributed by atoms with Crippen molar-refractivity contribution in [1.29, 1.82) is 0 Å². The number of nitrogen functional groups attached to an aromatic ring is 1. The number of carbonyl (C=O) groups is 1. The van der Waals surface area contributed by atoms with Crippen LogP contribution in [0.4, 0.5) is 29.7 Å². The zero-order chi connectivity index (χ0) is 22.3. The van der Waals surface area contributed by atoms with Crippen molar-refractivity contribution in [2.45, 2.75) is 18.6 Å². The maximum absolute atomic E-state index is 14.1. The van der Waals surface area contributed by atoms with Crippen molar-refractivity contribution in [3.8, 4) is 10.6 Å². The van der Waals surface area contributed by atoms with Crippen molar-refractivity contribution in [2.75, 3.05) is 29.0 Å². The van der Waals surface area contributed by atoms with Crippen LogP contribution in [-0.4, -0.2) is 46.0 Å². The van der Waals surface area contributed by atoms with E-state index in [0.29, 0.717) is 18.1 Å². The molecule has 0 radical (unpaired) electrons. The van der Waals surface area contributed by atoms with Crippen molar-refractivity contribution in [1.82, 2.24) is 14.8 Å². The number of halogens is 3. The van der Waals surface area contributed by atoms with Crippen LogP contribution in [0.15, 0.2) is 24.4 Å². The Balaban J connectivity index is 1.61. The van der Waals surface area contributed by atoms with E-state index in [4.69, 9.17) is 11.5 Å². The number of hydrogen-bond donors (Lipinski definition) is 3. The van der Waals surface area contributed by atoms with Gasteiger partial charge < -0.3 is 21.7 Å². The summed E-state index contributed by atoms with van der Waals surface area (Å²) in [5.41, 5.74) is 11.6. The topological polar surface area (TPSA) is 115 Å². The van der Waals surface area contributed by atoms with Crippen molar-refractivity contribution < 1.29 is 18.0 Å². The van der Waals surface area contributed by atoms with Gasteiger partial charge in [0, 0.05) is 19.6 Å². The minimum atomic E-state index is -1.10. The quantitative estimate of drug-likeness (QED) is 0.562. The Morgan fingerprint density at radius 1 is 1.29 bits per heavy atom. The van der Waals surface area contributed by atoms with Gasteiger partial charge in [0.05, 0.1) is 18.3 Å². The molecule has 0 bridgehead atoms. The molecule has 1 aromatic carbocycles. The number of rotatable bonds is 4. The van der Waals surface area contributed by atoms with Crippen molar-refractivity contribution in [3.05, 3.63) is 41.7 Å². The van der Waals surface area contributed by atoms with Crippen molar-refractivity contribution >= 4 is 33.8 Å². The number of amides is 1.